The minimum Gasteiger partial charge on any atom is -0.507 e. The number of carbonyl (C=O) groups is 2. The van der Waals surface area contributed by atoms with Gasteiger partial charge in [0, 0.05) is 16.9 Å². The molecule has 0 saturated heterocycles. The molecule has 0 aliphatic heterocycles. The van der Waals surface area contributed by atoms with E-state index in [0.29, 0.717) is 17.1 Å². The van der Waals surface area contributed by atoms with Crippen molar-refractivity contribution in [2.75, 3.05) is 0 Å². The third kappa shape index (κ3) is 3.76. The molecule has 1 aromatic carbocycles. The molecule has 7 nitrogen and oxygen atoms in total. The van der Waals surface area contributed by atoms with Crippen molar-refractivity contribution in [2.24, 2.45) is 5.92 Å². The first kappa shape index (κ1) is 18.6. The van der Waals surface area contributed by atoms with Crippen LogP contribution < -0.4 is 5.32 Å². The minimum absolute atomic E-state index is 0.0926. The number of hydrogen-bond donors (Lipinski definition) is 3. The number of hydrogen-bond acceptors (Lipinski definition) is 7. The molecule has 0 spiro atoms. The summed E-state index contributed by atoms with van der Waals surface area (Å²) < 4.78 is 0. The van der Waals surface area contributed by atoms with Crippen molar-refractivity contribution in [3.63, 3.8) is 0 Å². The standard InChI is InChI=1S/C19H17N3O4S2/c1-9-16(28-15(21-9)7-20-17(24)10-2-3-10)13-8-27-18(22-13)11-4-5-12(19(25)26)14(23)6-11/h4-6,8,10,23H,2-3,7H2,1H3,(H,20,24)(H,25,26). The molecule has 144 valence electrons. The van der Waals surface area contributed by atoms with Crippen molar-refractivity contribution in [3.8, 4) is 26.9 Å². The summed E-state index contributed by atoms with van der Waals surface area (Å²) in [5.74, 6) is -1.20. The fourth-order valence-corrected chi connectivity index (χ4v) is 4.62. The van der Waals surface area contributed by atoms with Gasteiger partial charge in [-0.1, -0.05) is 6.07 Å². The Bertz CT molecular complexity index is 1070. The lowest BCUT2D eigenvalue weighted by Gasteiger charge is -2.01. The Morgan fingerprint density at radius 1 is 1.29 bits per heavy atom. The summed E-state index contributed by atoms with van der Waals surface area (Å²) in [6, 6.07) is 4.40. The van der Waals surface area contributed by atoms with Gasteiger partial charge in [-0.15, -0.1) is 22.7 Å². The fourth-order valence-electron chi connectivity index (χ4n) is 2.77. The average molecular weight is 415 g/mol. The molecule has 9 heteroatoms. The van der Waals surface area contributed by atoms with Crippen LogP contribution in [0.5, 0.6) is 5.75 Å². The van der Waals surface area contributed by atoms with E-state index in [9.17, 15) is 14.7 Å². The maximum Gasteiger partial charge on any atom is 0.339 e. The van der Waals surface area contributed by atoms with E-state index in [2.05, 4.69) is 15.3 Å². The number of aromatic carboxylic acids is 1. The number of nitrogens with one attached hydrogen (secondary N) is 1. The molecule has 4 rings (SSSR count). The zero-order valence-corrected chi connectivity index (χ0v) is 16.6. The summed E-state index contributed by atoms with van der Waals surface area (Å²) in [4.78, 5) is 32.9. The number of aromatic nitrogens is 2. The SMILES string of the molecule is Cc1nc(CNC(=O)C2CC2)sc1-c1csc(-c2ccc(C(=O)O)c(O)c2)n1. The van der Waals surface area contributed by atoms with E-state index in [1.807, 2.05) is 12.3 Å². The van der Waals surface area contributed by atoms with Gasteiger partial charge in [0.1, 0.15) is 21.3 Å². The first-order valence-electron chi connectivity index (χ1n) is 8.69. The van der Waals surface area contributed by atoms with E-state index in [1.165, 1.54) is 34.8 Å². The highest BCUT2D eigenvalue weighted by Gasteiger charge is 2.29. The van der Waals surface area contributed by atoms with Gasteiger partial charge in [-0.2, -0.15) is 0 Å². The van der Waals surface area contributed by atoms with Crippen molar-refractivity contribution in [1.82, 2.24) is 15.3 Å². The Kier molecular flexibility index (Phi) is 4.86. The molecule has 2 heterocycles. The van der Waals surface area contributed by atoms with Gasteiger partial charge >= 0.3 is 5.97 Å². The molecular formula is C19H17N3O4S2. The number of phenols is 1. The van der Waals surface area contributed by atoms with Crippen LogP contribution in [0, 0.1) is 12.8 Å². The van der Waals surface area contributed by atoms with Crippen molar-refractivity contribution >= 4 is 34.6 Å². The highest BCUT2D eigenvalue weighted by atomic mass is 32.1. The van der Waals surface area contributed by atoms with E-state index < -0.39 is 5.97 Å². The highest BCUT2D eigenvalue weighted by molar-refractivity contribution is 7.16. The lowest BCUT2D eigenvalue weighted by Crippen LogP contribution is -2.23. The molecule has 1 aliphatic rings. The second-order valence-corrected chi connectivity index (χ2v) is 8.53. The average Bonchev–Trinajstić information content (AvgIpc) is 3.28. The molecule has 0 atom stereocenters. The van der Waals surface area contributed by atoms with E-state index in [0.717, 1.165) is 34.1 Å². The van der Waals surface area contributed by atoms with Crippen LogP contribution in [0.2, 0.25) is 0 Å². The maximum absolute atomic E-state index is 11.8. The number of benzene rings is 1. The number of rotatable bonds is 6. The minimum atomic E-state index is -1.18. The highest BCUT2D eigenvalue weighted by Crippen LogP contribution is 2.35. The number of aryl methyl sites for hydroxylation is 1. The number of carbonyl (C=O) groups excluding carboxylic acids is 1. The lowest BCUT2D eigenvalue weighted by molar-refractivity contribution is -0.122. The Labute approximate surface area is 168 Å². The van der Waals surface area contributed by atoms with Gasteiger partial charge in [0.05, 0.1) is 22.8 Å². The number of aromatic hydroxyl groups is 1. The monoisotopic (exact) mass is 415 g/mol. The van der Waals surface area contributed by atoms with Crippen LogP contribution >= 0.6 is 22.7 Å². The molecule has 0 radical (unpaired) electrons. The second kappa shape index (κ2) is 7.33. The molecule has 2 aromatic heterocycles. The van der Waals surface area contributed by atoms with Gasteiger partial charge in [-0.05, 0) is 31.9 Å². The van der Waals surface area contributed by atoms with Gasteiger partial charge < -0.3 is 15.5 Å². The molecule has 3 aromatic rings. The molecule has 1 saturated carbocycles. The Hall–Kier alpha value is -2.78. The van der Waals surface area contributed by atoms with E-state index in [4.69, 9.17) is 5.11 Å². The Morgan fingerprint density at radius 2 is 2.07 bits per heavy atom. The number of carboxylic acids is 1. The summed E-state index contributed by atoms with van der Waals surface area (Å²) in [6.45, 7) is 2.33. The van der Waals surface area contributed by atoms with Gasteiger partial charge in [0.25, 0.3) is 0 Å². The van der Waals surface area contributed by atoms with Crippen LogP contribution in [0.15, 0.2) is 23.6 Å². The first-order valence-corrected chi connectivity index (χ1v) is 10.4. The third-order valence-corrected chi connectivity index (χ3v) is 6.49. The predicted molar refractivity (Wildman–Crippen MR) is 107 cm³/mol. The summed E-state index contributed by atoms with van der Waals surface area (Å²) in [5, 5.41) is 25.3. The molecule has 1 amide bonds. The zero-order chi connectivity index (χ0) is 19.8. The number of thiazole rings is 2. The molecule has 0 unspecified atom stereocenters. The number of nitrogens with zero attached hydrogens (tertiary/aromatic N) is 2. The van der Waals surface area contributed by atoms with Crippen molar-refractivity contribution in [3.05, 3.63) is 39.8 Å². The summed E-state index contributed by atoms with van der Waals surface area (Å²) >= 11 is 2.90. The van der Waals surface area contributed by atoms with Crippen LogP contribution in [-0.2, 0) is 11.3 Å². The van der Waals surface area contributed by atoms with Crippen molar-refractivity contribution in [2.45, 2.75) is 26.3 Å². The van der Waals surface area contributed by atoms with E-state index in [1.54, 1.807) is 6.07 Å². The van der Waals surface area contributed by atoms with Crippen LogP contribution in [0.4, 0.5) is 0 Å². The number of amides is 1. The Morgan fingerprint density at radius 3 is 2.75 bits per heavy atom. The van der Waals surface area contributed by atoms with Gasteiger partial charge in [0.15, 0.2) is 0 Å². The smallest absolute Gasteiger partial charge is 0.339 e. The molecule has 28 heavy (non-hydrogen) atoms. The predicted octanol–water partition coefficient (Wildman–Crippen LogP) is 3.67. The summed E-state index contributed by atoms with van der Waals surface area (Å²) in [5.41, 5.74) is 2.13. The molecular weight excluding hydrogens is 398 g/mol. The molecule has 1 aliphatic carbocycles. The molecule has 3 N–H and O–H groups in total. The normalized spacial score (nSPS) is 13.5. The maximum atomic E-state index is 11.8. The summed E-state index contributed by atoms with van der Waals surface area (Å²) in [6.07, 6.45) is 1.94. The third-order valence-electron chi connectivity index (χ3n) is 4.41. The summed E-state index contributed by atoms with van der Waals surface area (Å²) in [7, 11) is 0. The first-order chi connectivity index (χ1) is 13.4. The molecule has 0 bridgehead atoms. The van der Waals surface area contributed by atoms with E-state index >= 15 is 0 Å². The van der Waals surface area contributed by atoms with Crippen LogP contribution in [0.1, 0.15) is 33.9 Å². The topological polar surface area (TPSA) is 112 Å². The van der Waals surface area contributed by atoms with Crippen molar-refractivity contribution < 1.29 is 19.8 Å². The van der Waals surface area contributed by atoms with E-state index in [-0.39, 0.29) is 23.1 Å². The zero-order valence-electron chi connectivity index (χ0n) is 14.9. The van der Waals surface area contributed by atoms with Gasteiger partial charge in [0.2, 0.25) is 5.91 Å². The second-order valence-electron chi connectivity index (χ2n) is 6.59. The molecule has 1 fully saturated rings. The Balaban J connectivity index is 1.53. The number of carboxylic acid groups (broad SMARTS) is 1. The van der Waals surface area contributed by atoms with Crippen molar-refractivity contribution in [1.29, 1.82) is 0 Å². The van der Waals surface area contributed by atoms with Crippen LogP contribution in [0.3, 0.4) is 0 Å². The van der Waals surface area contributed by atoms with Gasteiger partial charge in [-0.3, -0.25) is 4.79 Å². The van der Waals surface area contributed by atoms with Crippen LogP contribution in [-0.4, -0.2) is 32.1 Å². The van der Waals surface area contributed by atoms with Gasteiger partial charge in [-0.25, -0.2) is 14.8 Å². The quantitative estimate of drug-likeness (QED) is 0.566. The lowest BCUT2D eigenvalue weighted by atomic mass is 10.1. The fraction of sp³-hybridized carbons (Fsp3) is 0.263. The van der Waals surface area contributed by atoms with Crippen LogP contribution in [0.25, 0.3) is 21.1 Å². The largest absolute Gasteiger partial charge is 0.507 e.